The van der Waals surface area contributed by atoms with Gasteiger partial charge in [0.15, 0.2) is 0 Å². The van der Waals surface area contributed by atoms with Crippen LogP contribution in [0, 0.1) is 12.7 Å². The lowest BCUT2D eigenvalue weighted by Gasteiger charge is -2.33. The van der Waals surface area contributed by atoms with Crippen molar-refractivity contribution in [1.29, 1.82) is 0 Å². The van der Waals surface area contributed by atoms with Gasteiger partial charge in [-0.05, 0) is 54.7 Å². The van der Waals surface area contributed by atoms with Crippen LogP contribution in [0.4, 0.5) is 4.39 Å². The molecule has 138 valence electrons. The first-order valence-corrected chi connectivity index (χ1v) is 10.5. The second-order valence-electron chi connectivity index (χ2n) is 7.21. The first-order valence-electron chi connectivity index (χ1n) is 9.02. The van der Waals surface area contributed by atoms with E-state index < -0.39 is 10.0 Å². The second kappa shape index (κ2) is 6.76. The zero-order valence-corrected chi connectivity index (χ0v) is 15.7. The van der Waals surface area contributed by atoms with Gasteiger partial charge in [-0.2, -0.15) is 4.31 Å². The lowest BCUT2D eigenvalue weighted by molar-refractivity contribution is 0.185. The Kier molecular flexibility index (Phi) is 4.59. The molecule has 2 aromatic carbocycles. The summed E-state index contributed by atoms with van der Waals surface area (Å²) in [6.45, 7) is 4.45. The highest BCUT2D eigenvalue weighted by atomic mass is 32.2. The number of halogens is 1. The molecule has 6 heteroatoms. The second-order valence-corrected chi connectivity index (χ2v) is 9.14. The fraction of sp³-hybridized carbons (Fsp3) is 0.400. The van der Waals surface area contributed by atoms with Gasteiger partial charge in [0.05, 0.1) is 4.90 Å². The van der Waals surface area contributed by atoms with Crippen LogP contribution < -0.4 is 0 Å². The highest BCUT2D eigenvalue weighted by Gasteiger charge is 2.36. The molecule has 2 heterocycles. The van der Waals surface area contributed by atoms with Crippen molar-refractivity contribution in [2.75, 3.05) is 19.6 Å². The minimum Gasteiger partial charge on any atom is -0.294 e. The summed E-state index contributed by atoms with van der Waals surface area (Å²) in [7, 11) is -3.57. The maximum absolute atomic E-state index is 13.5. The van der Waals surface area contributed by atoms with E-state index in [1.165, 1.54) is 29.3 Å². The molecule has 1 atom stereocenters. The van der Waals surface area contributed by atoms with Crippen molar-refractivity contribution in [3.05, 3.63) is 65.0 Å². The Morgan fingerprint density at radius 1 is 1.08 bits per heavy atom. The number of hydrogen-bond donors (Lipinski definition) is 0. The molecule has 0 spiro atoms. The van der Waals surface area contributed by atoms with Crippen molar-refractivity contribution in [2.24, 2.45) is 0 Å². The zero-order valence-electron chi connectivity index (χ0n) is 14.9. The average Bonchev–Trinajstić information content (AvgIpc) is 3.14. The summed E-state index contributed by atoms with van der Waals surface area (Å²) in [4.78, 5) is 2.58. The summed E-state index contributed by atoms with van der Waals surface area (Å²) in [6, 6.07) is 12.7. The van der Waals surface area contributed by atoms with Gasteiger partial charge in [-0.15, -0.1) is 0 Å². The molecule has 1 unspecified atom stereocenters. The molecule has 0 saturated carbocycles. The van der Waals surface area contributed by atoms with Gasteiger partial charge in [0.25, 0.3) is 0 Å². The Morgan fingerprint density at radius 3 is 2.62 bits per heavy atom. The highest BCUT2D eigenvalue weighted by Crippen LogP contribution is 2.28. The smallest absolute Gasteiger partial charge is 0.243 e. The quantitative estimate of drug-likeness (QED) is 0.829. The SMILES string of the molecule is Cc1cc(S(=O)(=O)N2CCC(N3CCc4ccccc4C3)C2)ccc1F. The van der Waals surface area contributed by atoms with Crippen LogP contribution in [0.3, 0.4) is 0 Å². The number of benzene rings is 2. The zero-order chi connectivity index (χ0) is 18.3. The van der Waals surface area contributed by atoms with Crippen molar-refractivity contribution in [1.82, 2.24) is 9.21 Å². The molecule has 2 aromatic rings. The van der Waals surface area contributed by atoms with E-state index >= 15 is 0 Å². The standard InChI is InChI=1S/C20H23FN2O2S/c1-15-12-19(6-7-20(15)21)26(24,25)23-11-9-18(14-23)22-10-8-16-4-2-3-5-17(16)13-22/h2-7,12,18H,8-11,13-14H2,1H3. The average molecular weight is 374 g/mol. The molecule has 26 heavy (non-hydrogen) atoms. The van der Waals surface area contributed by atoms with Gasteiger partial charge < -0.3 is 0 Å². The number of hydrogen-bond acceptors (Lipinski definition) is 3. The predicted octanol–water partition coefficient (Wildman–Crippen LogP) is 2.96. The lowest BCUT2D eigenvalue weighted by Crippen LogP contribution is -2.41. The lowest BCUT2D eigenvalue weighted by atomic mass is 9.98. The topological polar surface area (TPSA) is 40.6 Å². The summed E-state index contributed by atoms with van der Waals surface area (Å²) in [5.41, 5.74) is 3.09. The van der Waals surface area contributed by atoms with Gasteiger partial charge >= 0.3 is 0 Å². The van der Waals surface area contributed by atoms with Crippen LogP contribution in [0.5, 0.6) is 0 Å². The predicted molar refractivity (Wildman–Crippen MR) is 98.9 cm³/mol. The van der Waals surface area contributed by atoms with Gasteiger partial charge in [0, 0.05) is 32.2 Å². The van der Waals surface area contributed by atoms with Crippen LogP contribution in [0.1, 0.15) is 23.1 Å². The largest absolute Gasteiger partial charge is 0.294 e. The minimum atomic E-state index is -3.57. The number of fused-ring (bicyclic) bond motifs is 1. The van der Waals surface area contributed by atoms with Crippen LogP contribution in [0.25, 0.3) is 0 Å². The molecule has 0 N–H and O–H groups in total. The number of sulfonamides is 1. The minimum absolute atomic E-state index is 0.182. The summed E-state index contributed by atoms with van der Waals surface area (Å²) >= 11 is 0. The van der Waals surface area contributed by atoms with E-state index in [0.717, 1.165) is 25.9 Å². The van der Waals surface area contributed by atoms with Crippen LogP contribution in [0.15, 0.2) is 47.4 Å². The number of aryl methyl sites for hydroxylation is 1. The molecule has 4 nitrogen and oxygen atoms in total. The third-order valence-electron chi connectivity index (χ3n) is 5.57. The van der Waals surface area contributed by atoms with E-state index in [1.54, 1.807) is 11.2 Å². The number of rotatable bonds is 3. The van der Waals surface area contributed by atoms with Gasteiger partial charge in [-0.3, -0.25) is 4.90 Å². The molecule has 0 radical (unpaired) electrons. The van der Waals surface area contributed by atoms with Crippen molar-refractivity contribution >= 4 is 10.0 Å². The maximum atomic E-state index is 13.5. The molecule has 1 saturated heterocycles. The first-order chi connectivity index (χ1) is 12.4. The fourth-order valence-electron chi connectivity index (χ4n) is 3.98. The summed E-state index contributed by atoms with van der Waals surface area (Å²) < 4.78 is 40.8. The molecular weight excluding hydrogens is 351 g/mol. The normalized spacial score (nSPS) is 21.7. The third kappa shape index (κ3) is 3.17. The van der Waals surface area contributed by atoms with E-state index in [0.29, 0.717) is 18.7 Å². The van der Waals surface area contributed by atoms with E-state index in [4.69, 9.17) is 0 Å². The monoisotopic (exact) mass is 374 g/mol. The van der Waals surface area contributed by atoms with Crippen LogP contribution in [0.2, 0.25) is 0 Å². The van der Waals surface area contributed by atoms with E-state index in [-0.39, 0.29) is 16.8 Å². The first kappa shape index (κ1) is 17.6. The Labute approximate surface area is 154 Å². The maximum Gasteiger partial charge on any atom is 0.243 e. The van der Waals surface area contributed by atoms with Gasteiger partial charge in [0.2, 0.25) is 10.0 Å². The molecule has 2 aliphatic rings. The molecule has 4 rings (SSSR count). The van der Waals surface area contributed by atoms with Gasteiger partial charge in [-0.25, -0.2) is 12.8 Å². The number of nitrogens with zero attached hydrogens (tertiary/aromatic N) is 2. The summed E-state index contributed by atoms with van der Waals surface area (Å²) in [5.74, 6) is -0.379. The van der Waals surface area contributed by atoms with Crippen LogP contribution in [-0.2, 0) is 23.0 Å². The van der Waals surface area contributed by atoms with Crippen molar-refractivity contribution in [3.8, 4) is 0 Å². The fourth-order valence-corrected chi connectivity index (χ4v) is 5.56. The van der Waals surface area contributed by atoms with Crippen LogP contribution >= 0.6 is 0 Å². The molecule has 2 aliphatic heterocycles. The molecular formula is C20H23FN2O2S. The van der Waals surface area contributed by atoms with Gasteiger partial charge in [-0.1, -0.05) is 24.3 Å². The van der Waals surface area contributed by atoms with E-state index in [1.807, 2.05) is 0 Å². The Balaban J connectivity index is 1.49. The molecule has 0 aromatic heterocycles. The van der Waals surface area contributed by atoms with Crippen molar-refractivity contribution in [2.45, 2.75) is 37.2 Å². The molecule has 0 aliphatic carbocycles. The Hall–Kier alpha value is -1.76. The third-order valence-corrected chi connectivity index (χ3v) is 7.43. The molecule has 1 fully saturated rings. The Bertz CT molecular complexity index is 929. The molecule has 0 bridgehead atoms. The van der Waals surface area contributed by atoms with Crippen LogP contribution in [-0.4, -0.2) is 43.3 Å². The van der Waals surface area contributed by atoms with E-state index in [2.05, 4.69) is 29.2 Å². The molecule has 0 amide bonds. The van der Waals surface area contributed by atoms with Gasteiger partial charge in [0.1, 0.15) is 5.82 Å². The summed E-state index contributed by atoms with van der Waals surface area (Å²) in [5, 5.41) is 0. The van der Waals surface area contributed by atoms with Crippen molar-refractivity contribution < 1.29 is 12.8 Å². The van der Waals surface area contributed by atoms with Crippen molar-refractivity contribution in [3.63, 3.8) is 0 Å². The Morgan fingerprint density at radius 2 is 1.85 bits per heavy atom. The summed E-state index contributed by atoms with van der Waals surface area (Å²) in [6.07, 6.45) is 1.85. The highest BCUT2D eigenvalue weighted by molar-refractivity contribution is 7.89. The van der Waals surface area contributed by atoms with E-state index in [9.17, 15) is 12.8 Å².